The van der Waals surface area contributed by atoms with Gasteiger partial charge < -0.3 is 9.47 Å². The number of carbonyl (C=O) groups excluding carboxylic acids is 2. The van der Waals surface area contributed by atoms with Gasteiger partial charge in [0, 0.05) is 0 Å². The fourth-order valence-electron chi connectivity index (χ4n) is 1.38. The van der Waals surface area contributed by atoms with Gasteiger partial charge >= 0.3 is 11.9 Å². The number of hydrogen-bond acceptors (Lipinski definition) is 4. The molecule has 0 bridgehead atoms. The van der Waals surface area contributed by atoms with Crippen molar-refractivity contribution in [3.63, 3.8) is 0 Å². The normalized spacial score (nSPS) is 22.4. The van der Waals surface area contributed by atoms with Crippen molar-refractivity contribution in [2.45, 2.75) is 26.7 Å². The van der Waals surface area contributed by atoms with Crippen molar-refractivity contribution in [2.24, 2.45) is 11.8 Å². The Morgan fingerprint density at radius 3 is 1.56 bits per heavy atom. The molecule has 0 fully saturated rings. The van der Waals surface area contributed by atoms with Crippen LogP contribution in [-0.2, 0) is 19.1 Å². The summed E-state index contributed by atoms with van der Waals surface area (Å²) in [5, 5.41) is 0. The zero-order valence-corrected chi connectivity index (χ0v) is 9.77. The second-order valence-corrected chi connectivity index (χ2v) is 3.77. The summed E-state index contributed by atoms with van der Waals surface area (Å²) < 4.78 is 9.96. The summed E-state index contributed by atoms with van der Waals surface area (Å²) in [7, 11) is 0. The molecular weight excluding hydrogens is 208 g/mol. The number of ether oxygens (including phenoxy) is 2. The van der Waals surface area contributed by atoms with Crippen LogP contribution in [0.5, 0.6) is 0 Å². The van der Waals surface area contributed by atoms with E-state index in [1.54, 1.807) is 12.2 Å². The van der Waals surface area contributed by atoms with Gasteiger partial charge in [-0.3, -0.25) is 9.59 Å². The Hall–Kier alpha value is -1.32. The fraction of sp³-hybridized carbons (Fsp3) is 0.667. The fourth-order valence-corrected chi connectivity index (χ4v) is 1.38. The Bertz CT molecular complexity index is 255. The monoisotopic (exact) mass is 226 g/mol. The average Bonchev–Trinajstić information content (AvgIpc) is 2.21. The van der Waals surface area contributed by atoms with Gasteiger partial charge in [-0.2, -0.15) is 0 Å². The van der Waals surface area contributed by atoms with Crippen LogP contribution in [-0.4, -0.2) is 25.2 Å². The van der Waals surface area contributed by atoms with Gasteiger partial charge in [-0.1, -0.05) is 26.0 Å². The molecule has 4 nitrogen and oxygen atoms in total. The summed E-state index contributed by atoms with van der Waals surface area (Å²) in [4.78, 5) is 23.0. The smallest absolute Gasteiger partial charge is 0.313 e. The molecule has 2 atom stereocenters. The van der Waals surface area contributed by atoms with E-state index < -0.39 is 11.8 Å². The van der Waals surface area contributed by atoms with Crippen LogP contribution in [0.2, 0.25) is 0 Å². The van der Waals surface area contributed by atoms with Crippen LogP contribution in [0, 0.1) is 11.8 Å². The van der Waals surface area contributed by atoms with E-state index in [-0.39, 0.29) is 11.9 Å². The highest BCUT2D eigenvalue weighted by atomic mass is 16.5. The van der Waals surface area contributed by atoms with Gasteiger partial charge in [-0.25, -0.2) is 0 Å². The summed E-state index contributed by atoms with van der Waals surface area (Å²) in [6.45, 7) is 4.66. The lowest BCUT2D eigenvalue weighted by atomic mass is 9.82. The number of rotatable bonds is 6. The molecule has 0 heterocycles. The minimum absolute atomic E-state index is 0.331. The van der Waals surface area contributed by atoms with Gasteiger partial charge in [-0.15, -0.1) is 0 Å². The van der Waals surface area contributed by atoms with Crippen LogP contribution in [0.4, 0.5) is 0 Å². The molecule has 0 saturated heterocycles. The predicted octanol–water partition coefficient (Wildman–Crippen LogP) is 1.70. The molecule has 0 saturated carbocycles. The molecule has 0 aliphatic heterocycles. The van der Waals surface area contributed by atoms with Gasteiger partial charge in [0.2, 0.25) is 0 Å². The predicted molar refractivity (Wildman–Crippen MR) is 58.6 cm³/mol. The Balaban J connectivity index is 2.38. The highest BCUT2D eigenvalue weighted by Crippen LogP contribution is 2.28. The lowest BCUT2D eigenvalue weighted by Gasteiger charge is -2.25. The number of carbonyl (C=O) groups is 2. The van der Waals surface area contributed by atoms with Crippen LogP contribution in [0.1, 0.15) is 26.7 Å². The molecule has 0 aromatic rings. The first-order valence-electron chi connectivity index (χ1n) is 5.72. The largest absolute Gasteiger partial charge is 0.465 e. The zero-order valence-electron chi connectivity index (χ0n) is 9.77. The Kier molecular flexibility index (Phi) is 5.02. The summed E-state index contributed by atoms with van der Waals surface area (Å²) in [6.07, 6.45) is 4.95. The Morgan fingerprint density at radius 1 is 0.938 bits per heavy atom. The summed E-state index contributed by atoms with van der Waals surface area (Å²) in [5.41, 5.74) is 0. The van der Waals surface area contributed by atoms with E-state index in [1.807, 2.05) is 13.8 Å². The highest BCUT2D eigenvalue weighted by Gasteiger charge is 2.38. The van der Waals surface area contributed by atoms with Crippen molar-refractivity contribution in [1.82, 2.24) is 0 Å². The van der Waals surface area contributed by atoms with Gasteiger partial charge in [0.25, 0.3) is 0 Å². The molecule has 0 amide bonds. The zero-order chi connectivity index (χ0) is 12.0. The molecule has 1 aliphatic carbocycles. The van der Waals surface area contributed by atoms with Crippen molar-refractivity contribution < 1.29 is 19.1 Å². The van der Waals surface area contributed by atoms with Gasteiger partial charge in [-0.05, 0) is 12.8 Å². The average molecular weight is 226 g/mol. The standard InChI is InChI=1S/C12H18O4/c1-3-7-15-11(13)9-5-6-10(9)12(14)16-8-4-2/h5-6,9-10H,3-4,7-8H2,1-2H3. The molecule has 1 rings (SSSR count). The molecule has 0 N–H and O–H groups in total. The molecule has 4 heteroatoms. The molecule has 1 aliphatic rings. The third-order valence-electron chi connectivity index (χ3n) is 2.35. The first-order chi connectivity index (χ1) is 7.70. The second kappa shape index (κ2) is 6.30. The first kappa shape index (κ1) is 12.7. The lowest BCUT2D eigenvalue weighted by Crippen LogP contribution is -2.35. The van der Waals surface area contributed by atoms with Gasteiger partial charge in [0.15, 0.2) is 0 Å². The molecule has 90 valence electrons. The minimum atomic E-state index is -0.448. The third-order valence-corrected chi connectivity index (χ3v) is 2.35. The van der Waals surface area contributed by atoms with E-state index in [0.717, 1.165) is 12.8 Å². The highest BCUT2D eigenvalue weighted by molar-refractivity contribution is 5.87. The molecule has 16 heavy (non-hydrogen) atoms. The number of esters is 2. The topological polar surface area (TPSA) is 52.6 Å². The van der Waals surface area contributed by atoms with Crippen LogP contribution < -0.4 is 0 Å². The SMILES string of the molecule is CCCOC(=O)C1C=CC1C(=O)OCCC. The number of hydrogen-bond donors (Lipinski definition) is 0. The van der Waals surface area contributed by atoms with E-state index in [1.165, 1.54) is 0 Å². The van der Waals surface area contributed by atoms with Gasteiger partial charge in [0.1, 0.15) is 0 Å². The van der Waals surface area contributed by atoms with Crippen LogP contribution in [0.15, 0.2) is 12.2 Å². The Morgan fingerprint density at radius 2 is 1.31 bits per heavy atom. The molecule has 0 radical (unpaired) electrons. The summed E-state index contributed by atoms with van der Waals surface area (Å²) in [6, 6.07) is 0. The maximum absolute atomic E-state index is 11.5. The molecule has 0 spiro atoms. The van der Waals surface area contributed by atoms with Crippen molar-refractivity contribution in [3.8, 4) is 0 Å². The molecular formula is C12H18O4. The third kappa shape index (κ3) is 3.08. The summed E-state index contributed by atoms with van der Waals surface area (Å²) >= 11 is 0. The van der Waals surface area contributed by atoms with Crippen molar-refractivity contribution in [3.05, 3.63) is 12.2 Å². The summed E-state index contributed by atoms with van der Waals surface area (Å²) in [5.74, 6) is -1.56. The lowest BCUT2D eigenvalue weighted by molar-refractivity contribution is -0.158. The maximum atomic E-state index is 11.5. The van der Waals surface area contributed by atoms with Crippen LogP contribution in [0.3, 0.4) is 0 Å². The van der Waals surface area contributed by atoms with Gasteiger partial charge in [0.05, 0.1) is 25.0 Å². The van der Waals surface area contributed by atoms with E-state index in [2.05, 4.69) is 0 Å². The molecule has 0 aromatic carbocycles. The Labute approximate surface area is 95.6 Å². The van der Waals surface area contributed by atoms with Crippen LogP contribution >= 0.6 is 0 Å². The van der Waals surface area contributed by atoms with Crippen LogP contribution in [0.25, 0.3) is 0 Å². The molecule has 2 unspecified atom stereocenters. The van der Waals surface area contributed by atoms with E-state index in [9.17, 15) is 9.59 Å². The second-order valence-electron chi connectivity index (χ2n) is 3.77. The maximum Gasteiger partial charge on any atom is 0.313 e. The molecule has 0 aromatic heterocycles. The van der Waals surface area contributed by atoms with E-state index in [4.69, 9.17) is 9.47 Å². The first-order valence-corrected chi connectivity index (χ1v) is 5.72. The van der Waals surface area contributed by atoms with E-state index in [0.29, 0.717) is 13.2 Å². The quantitative estimate of drug-likeness (QED) is 0.511. The van der Waals surface area contributed by atoms with Crippen molar-refractivity contribution in [1.29, 1.82) is 0 Å². The minimum Gasteiger partial charge on any atom is -0.465 e. The van der Waals surface area contributed by atoms with Crippen molar-refractivity contribution in [2.75, 3.05) is 13.2 Å². The van der Waals surface area contributed by atoms with E-state index >= 15 is 0 Å². The van der Waals surface area contributed by atoms with Crippen molar-refractivity contribution >= 4 is 11.9 Å².